The van der Waals surface area contributed by atoms with Crippen molar-refractivity contribution in [3.63, 3.8) is 0 Å². The second kappa shape index (κ2) is 9.40. The fourth-order valence-corrected chi connectivity index (χ4v) is 2.11. The second-order valence-corrected chi connectivity index (χ2v) is 4.81. The zero-order chi connectivity index (χ0) is 15.1. The van der Waals surface area contributed by atoms with Crippen LogP contribution in [0.25, 0.3) is 0 Å². The normalized spacial score (nSPS) is 17.2. The van der Waals surface area contributed by atoms with Gasteiger partial charge < -0.3 is 20.1 Å². The maximum Gasteiger partial charge on any atom is 0.337 e. The first-order valence-electron chi connectivity index (χ1n) is 6.97. The highest BCUT2D eigenvalue weighted by atomic mass is 35.5. The van der Waals surface area contributed by atoms with Crippen molar-refractivity contribution in [2.45, 2.75) is 12.5 Å². The number of ether oxygens (including phenoxy) is 2. The van der Waals surface area contributed by atoms with E-state index in [1.54, 1.807) is 12.1 Å². The van der Waals surface area contributed by atoms with Crippen LogP contribution in [-0.2, 0) is 20.7 Å². The predicted octanol–water partition coefficient (Wildman–Crippen LogP) is 0.542. The molecule has 2 N–H and O–H groups in total. The van der Waals surface area contributed by atoms with Crippen LogP contribution in [0, 0.1) is 0 Å². The lowest BCUT2D eigenvalue weighted by Gasteiger charge is -2.22. The van der Waals surface area contributed by atoms with E-state index < -0.39 is 0 Å². The molecule has 1 unspecified atom stereocenters. The molecule has 6 nitrogen and oxygen atoms in total. The molecule has 122 valence electrons. The van der Waals surface area contributed by atoms with E-state index in [2.05, 4.69) is 15.4 Å². The Morgan fingerprint density at radius 2 is 2.09 bits per heavy atom. The highest BCUT2D eigenvalue weighted by Crippen LogP contribution is 2.06. The Morgan fingerprint density at radius 1 is 1.36 bits per heavy atom. The lowest BCUT2D eigenvalue weighted by Crippen LogP contribution is -2.51. The van der Waals surface area contributed by atoms with Gasteiger partial charge in [-0.25, -0.2) is 4.79 Å². The lowest BCUT2D eigenvalue weighted by molar-refractivity contribution is -0.125. The Kier molecular flexibility index (Phi) is 7.87. The van der Waals surface area contributed by atoms with E-state index in [0.717, 1.165) is 5.56 Å². The molecule has 0 aromatic heterocycles. The highest BCUT2D eigenvalue weighted by Gasteiger charge is 2.20. The summed E-state index contributed by atoms with van der Waals surface area (Å²) in [7, 11) is 1.36. The third-order valence-electron chi connectivity index (χ3n) is 3.33. The summed E-state index contributed by atoms with van der Waals surface area (Å²) in [5.41, 5.74) is 1.57. The summed E-state index contributed by atoms with van der Waals surface area (Å²) in [6.45, 7) is 2.32. The average molecular weight is 329 g/mol. The fourth-order valence-electron chi connectivity index (χ4n) is 2.11. The van der Waals surface area contributed by atoms with Gasteiger partial charge in [0, 0.05) is 13.1 Å². The molecule has 7 heteroatoms. The zero-order valence-electron chi connectivity index (χ0n) is 12.5. The first-order chi connectivity index (χ1) is 10.2. The first-order valence-corrected chi connectivity index (χ1v) is 6.97. The van der Waals surface area contributed by atoms with Crippen molar-refractivity contribution in [1.82, 2.24) is 10.6 Å². The van der Waals surface area contributed by atoms with Gasteiger partial charge >= 0.3 is 5.97 Å². The number of methoxy groups -OCH3 is 1. The minimum atomic E-state index is -0.349. The Hall–Kier alpha value is -1.63. The Labute approximate surface area is 136 Å². The standard InChI is InChI=1S/C15H20N2O4.ClH/c1-20-15(19)12-4-2-11(3-5-12)6-7-17-14(18)13-10-21-9-8-16-13;/h2-5,13,16H,6-10H2,1H3,(H,17,18);1H. The van der Waals surface area contributed by atoms with Crippen molar-refractivity contribution in [2.75, 3.05) is 33.4 Å². The number of rotatable bonds is 5. The molecule has 1 heterocycles. The molecule has 0 spiro atoms. The van der Waals surface area contributed by atoms with Crippen LogP contribution in [0.4, 0.5) is 0 Å². The Balaban J connectivity index is 0.00000242. The number of halogens is 1. The van der Waals surface area contributed by atoms with Crippen molar-refractivity contribution >= 4 is 24.3 Å². The molecule has 1 fully saturated rings. The maximum absolute atomic E-state index is 11.9. The fraction of sp³-hybridized carbons (Fsp3) is 0.467. The number of morpholine rings is 1. The molecule has 1 aliphatic rings. The van der Waals surface area contributed by atoms with Crippen LogP contribution in [0.1, 0.15) is 15.9 Å². The van der Waals surface area contributed by atoms with Crippen molar-refractivity contribution in [3.05, 3.63) is 35.4 Å². The van der Waals surface area contributed by atoms with Gasteiger partial charge in [-0.1, -0.05) is 12.1 Å². The number of hydrogen-bond acceptors (Lipinski definition) is 5. The molecule has 22 heavy (non-hydrogen) atoms. The Morgan fingerprint density at radius 3 is 2.68 bits per heavy atom. The van der Waals surface area contributed by atoms with Crippen molar-refractivity contribution in [2.24, 2.45) is 0 Å². The number of carbonyl (C=O) groups is 2. The van der Waals surface area contributed by atoms with Gasteiger partial charge in [-0.2, -0.15) is 0 Å². The minimum absolute atomic E-state index is 0. The SMILES string of the molecule is COC(=O)c1ccc(CCNC(=O)C2COCCN2)cc1.Cl. The summed E-state index contributed by atoms with van der Waals surface area (Å²) in [6, 6.07) is 6.90. The van der Waals surface area contributed by atoms with E-state index in [-0.39, 0.29) is 30.3 Å². The third-order valence-corrected chi connectivity index (χ3v) is 3.33. The molecule has 1 aromatic carbocycles. The molecular weight excluding hydrogens is 308 g/mol. The number of benzene rings is 1. The number of amides is 1. The largest absolute Gasteiger partial charge is 0.465 e. The maximum atomic E-state index is 11.9. The van der Waals surface area contributed by atoms with Crippen LogP contribution in [0.15, 0.2) is 24.3 Å². The van der Waals surface area contributed by atoms with E-state index in [0.29, 0.717) is 38.3 Å². The van der Waals surface area contributed by atoms with Crippen molar-refractivity contribution in [3.8, 4) is 0 Å². The highest BCUT2D eigenvalue weighted by molar-refractivity contribution is 5.89. The van der Waals surface area contributed by atoms with E-state index in [1.807, 2.05) is 12.1 Å². The van der Waals surface area contributed by atoms with Crippen LogP contribution >= 0.6 is 12.4 Å². The molecule has 1 aromatic rings. The summed E-state index contributed by atoms with van der Waals surface area (Å²) in [5.74, 6) is -0.390. The molecule has 1 aliphatic heterocycles. The second-order valence-electron chi connectivity index (χ2n) is 4.81. The molecule has 0 saturated carbocycles. The van der Waals surface area contributed by atoms with Gasteiger partial charge in [0.05, 0.1) is 25.9 Å². The number of carbonyl (C=O) groups excluding carboxylic acids is 2. The van der Waals surface area contributed by atoms with Crippen molar-refractivity contribution in [1.29, 1.82) is 0 Å². The van der Waals surface area contributed by atoms with E-state index >= 15 is 0 Å². The van der Waals surface area contributed by atoms with Gasteiger partial charge in [0.15, 0.2) is 0 Å². The first kappa shape index (κ1) is 18.4. The predicted molar refractivity (Wildman–Crippen MR) is 84.4 cm³/mol. The summed E-state index contributed by atoms with van der Waals surface area (Å²) in [5, 5.41) is 5.98. The number of esters is 1. The molecule has 0 aliphatic carbocycles. The molecular formula is C15H21ClN2O4. The van der Waals surface area contributed by atoms with E-state index in [9.17, 15) is 9.59 Å². The van der Waals surface area contributed by atoms with Gasteiger partial charge in [-0.05, 0) is 24.1 Å². The summed E-state index contributed by atoms with van der Waals surface area (Å²) in [4.78, 5) is 23.2. The summed E-state index contributed by atoms with van der Waals surface area (Å²) >= 11 is 0. The van der Waals surface area contributed by atoms with Crippen LogP contribution in [0.2, 0.25) is 0 Å². The number of nitrogens with one attached hydrogen (secondary N) is 2. The smallest absolute Gasteiger partial charge is 0.337 e. The van der Waals surface area contributed by atoms with Gasteiger partial charge in [0.25, 0.3) is 0 Å². The van der Waals surface area contributed by atoms with Gasteiger partial charge in [-0.3, -0.25) is 4.79 Å². The molecule has 0 radical (unpaired) electrons. The lowest BCUT2D eigenvalue weighted by atomic mass is 10.1. The van der Waals surface area contributed by atoms with Crippen LogP contribution in [0.3, 0.4) is 0 Å². The third kappa shape index (κ3) is 5.29. The molecule has 0 bridgehead atoms. The topological polar surface area (TPSA) is 76.7 Å². The molecule has 1 saturated heterocycles. The average Bonchev–Trinajstić information content (AvgIpc) is 2.55. The van der Waals surface area contributed by atoms with Gasteiger partial charge in [0.1, 0.15) is 6.04 Å². The summed E-state index contributed by atoms with van der Waals surface area (Å²) < 4.78 is 9.89. The zero-order valence-corrected chi connectivity index (χ0v) is 13.3. The van der Waals surface area contributed by atoms with E-state index in [1.165, 1.54) is 7.11 Å². The summed E-state index contributed by atoms with van der Waals surface area (Å²) in [6.07, 6.45) is 0.709. The quantitative estimate of drug-likeness (QED) is 0.772. The molecule has 1 amide bonds. The molecule has 1 atom stereocenters. The molecule has 2 rings (SSSR count). The minimum Gasteiger partial charge on any atom is -0.465 e. The number of hydrogen-bond donors (Lipinski definition) is 2. The van der Waals surface area contributed by atoms with Crippen LogP contribution < -0.4 is 10.6 Å². The monoisotopic (exact) mass is 328 g/mol. The van der Waals surface area contributed by atoms with Crippen LogP contribution in [0.5, 0.6) is 0 Å². The van der Waals surface area contributed by atoms with E-state index in [4.69, 9.17) is 4.74 Å². The van der Waals surface area contributed by atoms with Crippen LogP contribution in [-0.4, -0.2) is 51.3 Å². The Bertz CT molecular complexity index is 487. The van der Waals surface area contributed by atoms with Gasteiger partial charge in [-0.15, -0.1) is 12.4 Å². The van der Waals surface area contributed by atoms with Crippen molar-refractivity contribution < 1.29 is 19.1 Å². The van der Waals surface area contributed by atoms with Gasteiger partial charge in [0.2, 0.25) is 5.91 Å².